The van der Waals surface area contributed by atoms with Crippen molar-refractivity contribution in [1.29, 1.82) is 0 Å². The summed E-state index contributed by atoms with van der Waals surface area (Å²) in [5.74, 6) is -0.165. The number of hydrogen-bond donors (Lipinski definition) is 1. The van der Waals surface area contributed by atoms with E-state index in [4.69, 9.17) is 4.74 Å². The second-order valence-electron chi connectivity index (χ2n) is 6.06. The summed E-state index contributed by atoms with van der Waals surface area (Å²) in [7, 11) is -3.44. The number of rotatable bonds is 7. The number of nitrogens with zero attached hydrogens (tertiary/aromatic N) is 1. The van der Waals surface area contributed by atoms with Crippen molar-refractivity contribution in [1.82, 2.24) is 5.32 Å². The maximum absolute atomic E-state index is 12.3. The molecule has 134 valence electrons. The molecule has 0 aliphatic carbocycles. The molecule has 1 fully saturated rings. The van der Waals surface area contributed by atoms with Gasteiger partial charge in [-0.25, -0.2) is 8.42 Å². The standard InChI is InChI=1S/C17H26N2O4S/c1-4-14-8-5-7-13(2)16(14)19(24(3,21)22)11-10-18-17(20)15-9-6-12-23-15/h5,7-8,15H,4,6,9-12H2,1-3H3,(H,18,20). The van der Waals surface area contributed by atoms with Crippen LogP contribution in [0.25, 0.3) is 0 Å². The number of carbonyl (C=O) groups excluding carboxylic acids is 1. The predicted molar refractivity (Wildman–Crippen MR) is 94.7 cm³/mol. The van der Waals surface area contributed by atoms with E-state index in [1.54, 1.807) is 0 Å². The van der Waals surface area contributed by atoms with Crippen molar-refractivity contribution >= 4 is 21.6 Å². The number of carbonyl (C=O) groups is 1. The summed E-state index contributed by atoms with van der Waals surface area (Å²) in [4.78, 5) is 12.0. The minimum atomic E-state index is -3.44. The molecule has 1 atom stereocenters. The van der Waals surface area contributed by atoms with E-state index in [-0.39, 0.29) is 19.0 Å². The fourth-order valence-electron chi connectivity index (χ4n) is 2.98. The van der Waals surface area contributed by atoms with Gasteiger partial charge in [0.2, 0.25) is 15.9 Å². The number of para-hydroxylation sites is 1. The number of anilines is 1. The third-order valence-electron chi connectivity index (χ3n) is 4.19. The zero-order valence-electron chi connectivity index (χ0n) is 14.5. The molecule has 1 N–H and O–H groups in total. The molecule has 1 saturated heterocycles. The molecule has 1 aromatic rings. The largest absolute Gasteiger partial charge is 0.368 e. The molecule has 1 amide bonds. The van der Waals surface area contributed by atoms with Crippen molar-refractivity contribution < 1.29 is 17.9 Å². The van der Waals surface area contributed by atoms with Crippen molar-refractivity contribution in [3.63, 3.8) is 0 Å². The van der Waals surface area contributed by atoms with E-state index >= 15 is 0 Å². The Morgan fingerprint density at radius 3 is 2.75 bits per heavy atom. The first kappa shape index (κ1) is 18.7. The summed E-state index contributed by atoms with van der Waals surface area (Å²) in [6.07, 6.45) is 3.14. The summed E-state index contributed by atoms with van der Waals surface area (Å²) in [6.45, 7) is 4.96. The average Bonchev–Trinajstić information content (AvgIpc) is 3.05. The first-order valence-electron chi connectivity index (χ1n) is 8.30. The fourth-order valence-corrected chi connectivity index (χ4v) is 4.00. The van der Waals surface area contributed by atoms with Crippen LogP contribution < -0.4 is 9.62 Å². The van der Waals surface area contributed by atoms with Gasteiger partial charge in [0.25, 0.3) is 0 Å². The minimum absolute atomic E-state index is 0.165. The Balaban J connectivity index is 2.11. The molecule has 0 saturated carbocycles. The van der Waals surface area contributed by atoms with Crippen LogP contribution in [0.4, 0.5) is 5.69 Å². The second-order valence-corrected chi connectivity index (χ2v) is 7.97. The van der Waals surface area contributed by atoms with E-state index in [2.05, 4.69) is 5.32 Å². The van der Waals surface area contributed by atoms with Gasteiger partial charge in [0.1, 0.15) is 6.10 Å². The predicted octanol–water partition coefficient (Wildman–Crippen LogP) is 1.62. The Morgan fingerprint density at radius 1 is 1.42 bits per heavy atom. The Morgan fingerprint density at radius 2 is 2.17 bits per heavy atom. The molecule has 1 aliphatic rings. The van der Waals surface area contributed by atoms with E-state index in [0.717, 1.165) is 30.4 Å². The van der Waals surface area contributed by atoms with Crippen molar-refractivity contribution in [3.05, 3.63) is 29.3 Å². The summed E-state index contributed by atoms with van der Waals surface area (Å²) < 4.78 is 31.3. The van der Waals surface area contributed by atoms with Gasteiger partial charge in [0, 0.05) is 13.2 Å². The molecular formula is C17H26N2O4S. The molecule has 2 rings (SSSR count). The highest BCUT2D eigenvalue weighted by atomic mass is 32.2. The van der Waals surface area contributed by atoms with Gasteiger partial charge in [-0.2, -0.15) is 0 Å². The number of amides is 1. The quantitative estimate of drug-likeness (QED) is 0.807. The topological polar surface area (TPSA) is 75.7 Å². The first-order valence-corrected chi connectivity index (χ1v) is 10.1. The lowest BCUT2D eigenvalue weighted by molar-refractivity contribution is -0.129. The summed E-state index contributed by atoms with van der Waals surface area (Å²) in [6, 6.07) is 5.76. The molecule has 6 nitrogen and oxygen atoms in total. The van der Waals surface area contributed by atoms with Crippen molar-refractivity contribution in [2.24, 2.45) is 0 Å². The number of hydrogen-bond acceptors (Lipinski definition) is 4. The van der Waals surface area contributed by atoms with Crippen LogP contribution in [0.2, 0.25) is 0 Å². The van der Waals surface area contributed by atoms with Gasteiger partial charge in [-0.05, 0) is 37.3 Å². The summed E-state index contributed by atoms with van der Waals surface area (Å²) in [5, 5.41) is 2.78. The van der Waals surface area contributed by atoms with Gasteiger partial charge in [-0.15, -0.1) is 0 Å². The number of sulfonamides is 1. The number of nitrogens with one attached hydrogen (secondary N) is 1. The van der Waals surface area contributed by atoms with Gasteiger partial charge in [-0.3, -0.25) is 9.10 Å². The molecule has 0 spiro atoms. The molecule has 24 heavy (non-hydrogen) atoms. The maximum Gasteiger partial charge on any atom is 0.249 e. The Kier molecular flexibility index (Phi) is 6.23. The number of ether oxygens (including phenoxy) is 1. The number of aryl methyl sites for hydroxylation is 2. The van der Waals surface area contributed by atoms with E-state index < -0.39 is 16.1 Å². The highest BCUT2D eigenvalue weighted by Crippen LogP contribution is 2.27. The van der Waals surface area contributed by atoms with E-state index in [0.29, 0.717) is 12.3 Å². The Hall–Kier alpha value is -1.60. The lowest BCUT2D eigenvalue weighted by Gasteiger charge is -2.27. The SMILES string of the molecule is CCc1cccc(C)c1N(CCNC(=O)C1CCCO1)S(C)(=O)=O. The van der Waals surface area contributed by atoms with Crippen LogP contribution in [0.3, 0.4) is 0 Å². The van der Waals surface area contributed by atoms with Crippen molar-refractivity contribution in [2.45, 2.75) is 39.2 Å². The van der Waals surface area contributed by atoms with Gasteiger partial charge in [0.05, 0.1) is 18.5 Å². The summed E-state index contributed by atoms with van der Waals surface area (Å²) in [5.41, 5.74) is 2.60. The number of benzene rings is 1. The van der Waals surface area contributed by atoms with Crippen LogP contribution in [0, 0.1) is 6.92 Å². The monoisotopic (exact) mass is 354 g/mol. The molecule has 0 bridgehead atoms. The maximum atomic E-state index is 12.3. The highest BCUT2D eigenvalue weighted by molar-refractivity contribution is 7.92. The van der Waals surface area contributed by atoms with Gasteiger partial charge < -0.3 is 10.1 Å². The fraction of sp³-hybridized carbons (Fsp3) is 0.588. The van der Waals surface area contributed by atoms with E-state index in [1.807, 2.05) is 32.0 Å². The molecule has 1 unspecified atom stereocenters. The Labute approximate surface area is 144 Å². The van der Waals surface area contributed by atoms with Crippen LogP contribution in [-0.4, -0.2) is 46.4 Å². The molecule has 0 aromatic heterocycles. The van der Waals surface area contributed by atoms with Crippen LogP contribution in [0.15, 0.2) is 18.2 Å². The molecule has 1 heterocycles. The zero-order valence-corrected chi connectivity index (χ0v) is 15.4. The first-order chi connectivity index (χ1) is 11.3. The van der Waals surface area contributed by atoms with E-state index in [1.165, 1.54) is 10.6 Å². The molecule has 0 radical (unpaired) electrons. The third kappa shape index (κ3) is 4.48. The van der Waals surface area contributed by atoms with Crippen LogP contribution in [-0.2, 0) is 26.0 Å². The zero-order chi connectivity index (χ0) is 17.7. The minimum Gasteiger partial charge on any atom is -0.368 e. The molecule has 7 heteroatoms. The van der Waals surface area contributed by atoms with Crippen molar-refractivity contribution in [3.8, 4) is 0 Å². The lowest BCUT2D eigenvalue weighted by Crippen LogP contribution is -2.41. The third-order valence-corrected chi connectivity index (χ3v) is 5.35. The Bertz CT molecular complexity index is 682. The highest BCUT2D eigenvalue weighted by Gasteiger charge is 2.25. The lowest BCUT2D eigenvalue weighted by atomic mass is 10.1. The van der Waals surface area contributed by atoms with Gasteiger partial charge in [-0.1, -0.05) is 25.1 Å². The molecular weight excluding hydrogens is 328 g/mol. The van der Waals surface area contributed by atoms with Crippen LogP contribution in [0.1, 0.15) is 30.9 Å². The van der Waals surface area contributed by atoms with Crippen LogP contribution >= 0.6 is 0 Å². The van der Waals surface area contributed by atoms with Crippen LogP contribution in [0.5, 0.6) is 0 Å². The molecule has 1 aliphatic heterocycles. The van der Waals surface area contributed by atoms with Gasteiger partial charge >= 0.3 is 0 Å². The van der Waals surface area contributed by atoms with Crippen molar-refractivity contribution in [2.75, 3.05) is 30.3 Å². The van der Waals surface area contributed by atoms with E-state index in [9.17, 15) is 13.2 Å². The summed E-state index contributed by atoms with van der Waals surface area (Å²) >= 11 is 0. The smallest absolute Gasteiger partial charge is 0.249 e. The van der Waals surface area contributed by atoms with Gasteiger partial charge in [0.15, 0.2) is 0 Å². The average molecular weight is 354 g/mol. The normalized spacial score (nSPS) is 17.7. The second kappa shape index (κ2) is 7.98. The molecule has 1 aromatic carbocycles.